The number of Topliss-reactive ketones (excluding diaryl/α,β-unsaturated/α-hetero) is 3. The first kappa shape index (κ1) is 32.9. The Bertz CT molecular complexity index is 1690. The number of hydrogen-bond donors (Lipinski definition) is 4. The van der Waals surface area contributed by atoms with Gasteiger partial charge in [0.25, 0.3) is 0 Å². The van der Waals surface area contributed by atoms with E-state index in [1.165, 1.54) is 37.3 Å². The zero-order valence-corrected chi connectivity index (χ0v) is 26.2. The molecule has 47 heavy (non-hydrogen) atoms. The number of carbonyl (C=O) groups is 5. The van der Waals surface area contributed by atoms with Crippen molar-refractivity contribution in [2.24, 2.45) is 0 Å². The Morgan fingerprint density at radius 1 is 1.11 bits per heavy atom. The number of aromatic hydroxyl groups is 1. The molecule has 0 spiro atoms. The van der Waals surface area contributed by atoms with Gasteiger partial charge in [-0.2, -0.15) is 0 Å². The predicted octanol–water partition coefficient (Wildman–Crippen LogP) is 1.64. The lowest BCUT2D eigenvalue weighted by atomic mass is 9.51. The number of benzene rings is 1. The molecule has 1 aromatic carbocycles. The number of rotatable bonds is 6. The second-order valence-electron chi connectivity index (χ2n) is 12.9. The number of phenols is 1. The topological polar surface area (TPSA) is 206 Å². The number of phenolic OH excluding ortho intramolecular Hbond substituents is 1. The second-order valence-corrected chi connectivity index (χ2v) is 12.9. The van der Waals surface area contributed by atoms with Crippen molar-refractivity contribution in [2.75, 3.05) is 0 Å². The van der Waals surface area contributed by atoms with Gasteiger partial charge in [0.15, 0.2) is 23.1 Å². The standard InChI is InChI=1S/C34H36O13/c1-5-6-7-8-9-25(38)46-22-13-21(44-17(3)28(22)45-18(4)35)19-10-11-20-26(27(19)39)30(41)32-24(37)15-31(42)14-16(2)12-23(36)33(31,43)34(32,47-32)29(20)40/h6-11,14,17,21-22,24,28,37,39,42-43H,5,12-13,15H2,1-4H3/b7-6+,9-8+/t17-,21-,22-,24+,28-,31-,32+,33-,34-/m1/s1. The highest BCUT2D eigenvalue weighted by molar-refractivity contribution is 6.29. The molecule has 3 aliphatic carbocycles. The van der Waals surface area contributed by atoms with Crippen LogP contribution < -0.4 is 0 Å². The number of ketones is 3. The Morgan fingerprint density at radius 3 is 2.51 bits per heavy atom. The first-order valence-electron chi connectivity index (χ1n) is 15.5. The number of ether oxygens (including phenoxy) is 4. The van der Waals surface area contributed by atoms with Gasteiger partial charge in [0.05, 0.1) is 23.9 Å². The number of aliphatic hydroxyl groups is 3. The molecule has 1 aromatic rings. The van der Waals surface area contributed by atoms with Crippen LogP contribution >= 0.6 is 0 Å². The van der Waals surface area contributed by atoms with Gasteiger partial charge in [0.2, 0.25) is 17.2 Å². The molecule has 6 rings (SSSR count). The molecule has 1 saturated carbocycles. The number of epoxide rings is 1. The molecule has 5 aliphatic rings. The summed E-state index contributed by atoms with van der Waals surface area (Å²) in [5.74, 6) is -5.09. The fraction of sp³-hybridized carbons (Fsp3) is 0.500. The van der Waals surface area contributed by atoms with E-state index in [9.17, 15) is 44.4 Å². The average Bonchev–Trinajstić information content (AvgIpc) is 3.72. The smallest absolute Gasteiger partial charge is 0.331 e. The lowest BCUT2D eigenvalue weighted by Gasteiger charge is -2.52. The van der Waals surface area contributed by atoms with Crippen LogP contribution in [0.3, 0.4) is 0 Å². The van der Waals surface area contributed by atoms with Gasteiger partial charge >= 0.3 is 11.9 Å². The van der Waals surface area contributed by atoms with Gasteiger partial charge in [-0.05, 0) is 26.3 Å². The molecule has 13 heteroatoms. The van der Waals surface area contributed by atoms with Crippen LogP contribution in [-0.2, 0) is 33.3 Å². The highest BCUT2D eigenvalue weighted by Crippen LogP contribution is 2.70. The molecule has 0 aromatic heterocycles. The van der Waals surface area contributed by atoms with E-state index in [2.05, 4.69) is 0 Å². The molecule has 0 bridgehead atoms. The molecule has 2 heterocycles. The molecule has 0 unspecified atom stereocenters. The van der Waals surface area contributed by atoms with Gasteiger partial charge in [-0.1, -0.05) is 42.9 Å². The lowest BCUT2D eigenvalue weighted by Crippen LogP contribution is -2.78. The van der Waals surface area contributed by atoms with E-state index in [1.807, 2.05) is 13.0 Å². The maximum atomic E-state index is 14.2. The number of allylic oxidation sites excluding steroid dienone is 4. The Kier molecular flexibility index (Phi) is 7.72. The zero-order valence-electron chi connectivity index (χ0n) is 26.2. The highest BCUT2D eigenvalue weighted by Gasteiger charge is 2.97. The van der Waals surface area contributed by atoms with Crippen molar-refractivity contribution in [3.8, 4) is 5.75 Å². The van der Waals surface area contributed by atoms with Gasteiger partial charge in [-0.15, -0.1) is 0 Å². The first-order chi connectivity index (χ1) is 22.1. The number of esters is 2. The van der Waals surface area contributed by atoms with Gasteiger partial charge in [-0.25, -0.2) is 4.79 Å². The number of hydrogen-bond acceptors (Lipinski definition) is 13. The third kappa shape index (κ3) is 4.37. The van der Waals surface area contributed by atoms with E-state index in [-0.39, 0.29) is 24.0 Å². The maximum Gasteiger partial charge on any atom is 0.331 e. The molecule has 2 saturated heterocycles. The summed E-state index contributed by atoms with van der Waals surface area (Å²) in [6.07, 6.45) is 1.27. The number of fused-ring (bicyclic) bond motifs is 2. The summed E-state index contributed by atoms with van der Waals surface area (Å²) in [4.78, 5) is 66.2. The van der Waals surface area contributed by atoms with E-state index in [0.717, 1.165) is 6.42 Å². The molecule has 9 atom stereocenters. The molecular formula is C34H36O13. The third-order valence-electron chi connectivity index (χ3n) is 9.86. The molecule has 13 nitrogen and oxygen atoms in total. The van der Waals surface area contributed by atoms with Crippen LogP contribution in [-0.4, -0.2) is 96.5 Å². The normalized spacial score (nSPS) is 39.1. The summed E-state index contributed by atoms with van der Waals surface area (Å²) in [5, 5.41) is 46.1. The van der Waals surface area contributed by atoms with E-state index >= 15 is 0 Å². The fourth-order valence-corrected chi connectivity index (χ4v) is 7.85. The SMILES string of the molecule is CC/C=C/C=C/C(=O)O[C@@H]1C[C@H](c2ccc3c(c2O)C(=O)[C@]24O[C@@]2(C3=O)[C@@]2(O)C(=O)CC(C)=C[C@@]2(O)C[C@@H]4O)O[C@H](C)[C@H]1OC(C)=O. The minimum absolute atomic E-state index is 0.0258. The van der Waals surface area contributed by atoms with Crippen molar-refractivity contribution >= 4 is 29.3 Å². The molecule has 0 amide bonds. The highest BCUT2D eigenvalue weighted by atomic mass is 16.7. The van der Waals surface area contributed by atoms with Gasteiger partial charge < -0.3 is 39.4 Å². The summed E-state index contributed by atoms with van der Waals surface area (Å²) < 4.78 is 22.8. The van der Waals surface area contributed by atoms with Crippen LogP contribution in [0.4, 0.5) is 0 Å². The van der Waals surface area contributed by atoms with Crippen molar-refractivity contribution in [3.63, 3.8) is 0 Å². The summed E-state index contributed by atoms with van der Waals surface area (Å²) in [7, 11) is 0. The van der Waals surface area contributed by atoms with Crippen LogP contribution in [0.1, 0.15) is 85.8 Å². The summed E-state index contributed by atoms with van der Waals surface area (Å²) >= 11 is 0. The Labute approximate surface area is 269 Å². The van der Waals surface area contributed by atoms with Crippen molar-refractivity contribution in [3.05, 3.63) is 64.8 Å². The van der Waals surface area contributed by atoms with Crippen molar-refractivity contribution in [1.29, 1.82) is 0 Å². The Hall–Kier alpha value is -4.01. The molecular weight excluding hydrogens is 616 g/mol. The molecule has 4 N–H and O–H groups in total. The van der Waals surface area contributed by atoms with E-state index < -0.39 is 99.9 Å². The van der Waals surface area contributed by atoms with Crippen LogP contribution in [0, 0.1) is 0 Å². The van der Waals surface area contributed by atoms with Gasteiger partial charge in [0.1, 0.15) is 17.5 Å². The van der Waals surface area contributed by atoms with Crippen LogP contribution in [0.15, 0.2) is 48.1 Å². The second kappa shape index (κ2) is 11.0. The minimum atomic E-state index is -2.89. The summed E-state index contributed by atoms with van der Waals surface area (Å²) in [6, 6.07) is 2.52. The van der Waals surface area contributed by atoms with Crippen LogP contribution in [0.2, 0.25) is 0 Å². The molecule has 0 radical (unpaired) electrons. The molecule has 3 fully saturated rings. The number of aliphatic hydroxyl groups excluding tert-OH is 1. The van der Waals surface area contributed by atoms with Crippen molar-refractivity contribution in [1.82, 2.24) is 0 Å². The summed E-state index contributed by atoms with van der Waals surface area (Å²) in [5.41, 5.74) is -10.8. The quantitative estimate of drug-likeness (QED) is 0.114. The van der Waals surface area contributed by atoms with E-state index in [0.29, 0.717) is 5.57 Å². The zero-order chi connectivity index (χ0) is 34.3. The van der Waals surface area contributed by atoms with Crippen LogP contribution in [0.25, 0.3) is 0 Å². The number of carbonyl (C=O) groups excluding carboxylic acids is 5. The first-order valence-corrected chi connectivity index (χ1v) is 15.5. The predicted molar refractivity (Wildman–Crippen MR) is 159 cm³/mol. The van der Waals surface area contributed by atoms with Gasteiger partial charge in [-0.3, -0.25) is 19.2 Å². The molecule has 250 valence electrons. The maximum absolute atomic E-state index is 14.2. The van der Waals surface area contributed by atoms with E-state index in [1.54, 1.807) is 19.9 Å². The summed E-state index contributed by atoms with van der Waals surface area (Å²) in [6.45, 7) is 6.25. The lowest BCUT2D eigenvalue weighted by molar-refractivity contribution is -0.203. The minimum Gasteiger partial charge on any atom is -0.507 e. The Balaban J connectivity index is 1.38. The third-order valence-corrected chi connectivity index (χ3v) is 9.86. The average molecular weight is 653 g/mol. The van der Waals surface area contributed by atoms with Gasteiger partial charge in [0, 0.05) is 43.4 Å². The van der Waals surface area contributed by atoms with E-state index in [4.69, 9.17) is 18.9 Å². The van der Waals surface area contributed by atoms with Crippen molar-refractivity contribution in [2.45, 2.75) is 106 Å². The molecule has 2 aliphatic heterocycles. The Morgan fingerprint density at radius 2 is 1.83 bits per heavy atom. The van der Waals surface area contributed by atoms with Crippen molar-refractivity contribution < 1.29 is 63.3 Å². The monoisotopic (exact) mass is 652 g/mol. The van der Waals surface area contributed by atoms with Crippen LogP contribution in [0.5, 0.6) is 5.75 Å². The largest absolute Gasteiger partial charge is 0.507 e. The fourth-order valence-electron chi connectivity index (χ4n) is 7.85.